The molecular formula is C19H19F4N3O2S. The lowest BCUT2D eigenvalue weighted by atomic mass is 10.1. The smallest absolute Gasteiger partial charge is 0.387 e. The first kappa shape index (κ1) is 22.4. The molecule has 2 rings (SSSR count). The second-order valence-electron chi connectivity index (χ2n) is 6.00. The fraction of sp³-hybridized carbons (Fsp3) is 0.263. The van der Waals surface area contributed by atoms with Crippen molar-refractivity contribution in [2.75, 3.05) is 5.32 Å². The summed E-state index contributed by atoms with van der Waals surface area (Å²) in [6.45, 7) is -0.867. The molecule has 0 aliphatic rings. The highest BCUT2D eigenvalue weighted by Gasteiger charge is 2.15. The number of anilines is 1. The lowest BCUT2D eigenvalue weighted by Gasteiger charge is -2.14. The van der Waals surface area contributed by atoms with Crippen LogP contribution in [0, 0.1) is 13.8 Å². The maximum atomic E-state index is 12.7. The number of halogens is 4. The Labute approximate surface area is 170 Å². The van der Waals surface area contributed by atoms with Gasteiger partial charge in [-0.2, -0.15) is 22.7 Å². The predicted molar refractivity (Wildman–Crippen MR) is 107 cm³/mol. The number of nitrogens with zero attached hydrogens (tertiary/aromatic N) is 1. The summed E-state index contributed by atoms with van der Waals surface area (Å²) >= 11 is 5.19. The van der Waals surface area contributed by atoms with Crippen molar-refractivity contribution in [1.82, 2.24) is 5.43 Å². The normalized spacial score (nSPS) is 11.6. The Hall–Kier alpha value is -2.88. The molecule has 0 amide bonds. The van der Waals surface area contributed by atoms with Gasteiger partial charge in [-0.15, -0.1) is 0 Å². The number of thiocarbonyl (C=S) groups is 1. The fourth-order valence-electron chi connectivity index (χ4n) is 2.39. The highest BCUT2D eigenvalue weighted by Crippen LogP contribution is 2.28. The molecule has 2 N–H and O–H groups in total. The maximum absolute atomic E-state index is 12.7. The largest absolute Gasteiger partial charge is 0.435 e. The van der Waals surface area contributed by atoms with E-state index in [0.717, 1.165) is 22.9 Å². The van der Waals surface area contributed by atoms with Gasteiger partial charge in [-0.1, -0.05) is 12.1 Å². The number of benzene rings is 2. The molecular weight excluding hydrogens is 410 g/mol. The molecule has 10 heteroatoms. The molecule has 2 aromatic rings. The number of nitrogens with one attached hydrogen (secondary N) is 2. The summed E-state index contributed by atoms with van der Waals surface area (Å²) in [6.07, 6.45) is 0. The minimum atomic E-state index is -3.15. The standard InChI is InChI=1S/C19H19F4N3O2S/c1-10-4-5-11(2)15(8-10)24-19(29)26-25-12(3)14-7-6-13(27-17(20)21)9-16(14)28-18(22)23/h4-9,17-18H,1-3H3,(H2,24,26,29). The van der Waals surface area contributed by atoms with E-state index in [1.807, 2.05) is 32.0 Å². The summed E-state index contributed by atoms with van der Waals surface area (Å²) in [4.78, 5) is 0. The molecule has 0 unspecified atom stereocenters. The van der Waals surface area contributed by atoms with Gasteiger partial charge in [0.25, 0.3) is 0 Å². The van der Waals surface area contributed by atoms with E-state index in [1.165, 1.54) is 19.1 Å². The molecule has 0 spiro atoms. The zero-order valence-corrected chi connectivity index (χ0v) is 16.6. The fourth-order valence-corrected chi connectivity index (χ4v) is 2.54. The number of hydrazone groups is 1. The van der Waals surface area contributed by atoms with Gasteiger partial charge in [0, 0.05) is 17.3 Å². The average molecular weight is 429 g/mol. The molecule has 0 saturated carbocycles. The van der Waals surface area contributed by atoms with E-state index < -0.39 is 13.2 Å². The van der Waals surface area contributed by atoms with Crippen LogP contribution in [0.3, 0.4) is 0 Å². The molecule has 0 heterocycles. The lowest BCUT2D eigenvalue weighted by molar-refractivity contribution is -0.0543. The van der Waals surface area contributed by atoms with Crippen LogP contribution >= 0.6 is 12.2 Å². The Bertz CT molecular complexity index is 907. The number of aryl methyl sites for hydroxylation is 2. The van der Waals surface area contributed by atoms with Gasteiger partial charge in [-0.3, -0.25) is 5.43 Å². The molecule has 0 aliphatic heterocycles. The van der Waals surface area contributed by atoms with Crippen molar-refractivity contribution < 1.29 is 27.0 Å². The number of rotatable bonds is 7. The summed E-state index contributed by atoms with van der Waals surface area (Å²) in [5, 5.41) is 7.23. The molecule has 0 aromatic heterocycles. The van der Waals surface area contributed by atoms with Crippen LogP contribution in [0.5, 0.6) is 11.5 Å². The number of hydrogen-bond acceptors (Lipinski definition) is 4. The van der Waals surface area contributed by atoms with E-state index in [-0.39, 0.29) is 27.9 Å². The SMILES string of the molecule is CC(=NNC(=S)Nc1cc(C)ccc1C)c1ccc(OC(F)F)cc1OC(F)F. The molecule has 0 aliphatic carbocycles. The van der Waals surface area contributed by atoms with Gasteiger partial charge in [-0.25, -0.2) is 0 Å². The third-order valence-corrected chi connectivity index (χ3v) is 3.94. The van der Waals surface area contributed by atoms with Crippen LogP contribution in [0.25, 0.3) is 0 Å². The minimum Gasteiger partial charge on any atom is -0.435 e. The summed E-state index contributed by atoms with van der Waals surface area (Å²) in [7, 11) is 0. The third-order valence-electron chi connectivity index (χ3n) is 3.75. The Morgan fingerprint density at radius 1 is 1.00 bits per heavy atom. The van der Waals surface area contributed by atoms with Gasteiger partial charge < -0.3 is 14.8 Å². The van der Waals surface area contributed by atoms with E-state index in [4.69, 9.17) is 12.2 Å². The minimum absolute atomic E-state index is 0.161. The van der Waals surface area contributed by atoms with Gasteiger partial charge in [0.05, 0.1) is 5.71 Å². The average Bonchev–Trinajstić information content (AvgIpc) is 2.62. The molecule has 0 fully saturated rings. The van der Waals surface area contributed by atoms with E-state index >= 15 is 0 Å². The quantitative estimate of drug-likeness (QED) is 0.274. The Morgan fingerprint density at radius 3 is 2.34 bits per heavy atom. The van der Waals surface area contributed by atoms with Crippen LogP contribution in [0.2, 0.25) is 0 Å². The molecule has 0 saturated heterocycles. The molecule has 29 heavy (non-hydrogen) atoms. The molecule has 156 valence electrons. The first-order valence-electron chi connectivity index (χ1n) is 8.38. The van der Waals surface area contributed by atoms with Crippen LogP contribution in [0.4, 0.5) is 23.2 Å². The molecule has 2 aromatic carbocycles. The van der Waals surface area contributed by atoms with E-state index in [2.05, 4.69) is 25.3 Å². The van der Waals surface area contributed by atoms with Gasteiger partial charge in [-0.05, 0) is 62.3 Å². The molecule has 0 bridgehead atoms. The van der Waals surface area contributed by atoms with Crippen molar-refractivity contribution in [2.45, 2.75) is 34.0 Å². The van der Waals surface area contributed by atoms with Crippen LogP contribution in [-0.4, -0.2) is 24.0 Å². The molecule has 0 atom stereocenters. The highest BCUT2D eigenvalue weighted by atomic mass is 32.1. The number of hydrogen-bond donors (Lipinski definition) is 2. The van der Waals surface area contributed by atoms with Crippen LogP contribution < -0.4 is 20.2 Å². The highest BCUT2D eigenvalue weighted by molar-refractivity contribution is 7.80. The van der Waals surface area contributed by atoms with Crippen molar-refractivity contribution in [3.63, 3.8) is 0 Å². The third kappa shape index (κ3) is 6.90. The number of alkyl halides is 4. The van der Waals surface area contributed by atoms with Gasteiger partial charge in [0.2, 0.25) is 0 Å². The van der Waals surface area contributed by atoms with Gasteiger partial charge in [0.15, 0.2) is 5.11 Å². The van der Waals surface area contributed by atoms with Crippen LogP contribution in [-0.2, 0) is 0 Å². The maximum Gasteiger partial charge on any atom is 0.387 e. The first-order chi connectivity index (χ1) is 13.7. The topological polar surface area (TPSA) is 54.9 Å². The van der Waals surface area contributed by atoms with Crippen molar-refractivity contribution in [2.24, 2.45) is 5.10 Å². The van der Waals surface area contributed by atoms with Gasteiger partial charge in [0.1, 0.15) is 11.5 Å². The van der Waals surface area contributed by atoms with E-state index in [1.54, 1.807) is 0 Å². The van der Waals surface area contributed by atoms with E-state index in [0.29, 0.717) is 0 Å². The van der Waals surface area contributed by atoms with Gasteiger partial charge >= 0.3 is 13.2 Å². The second-order valence-corrected chi connectivity index (χ2v) is 6.40. The van der Waals surface area contributed by atoms with Crippen molar-refractivity contribution in [1.29, 1.82) is 0 Å². The summed E-state index contributed by atoms with van der Waals surface area (Å²) < 4.78 is 58.7. The zero-order valence-electron chi connectivity index (χ0n) is 15.8. The molecule has 5 nitrogen and oxygen atoms in total. The van der Waals surface area contributed by atoms with Crippen LogP contribution in [0.1, 0.15) is 23.6 Å². The summed E-state index contributed by atoms with van der Waals surface area (Å²) in [5.74, 6) is -0.665. The second kappa shape index (κ2) is 10.1. The first-order valence-corrected chi connectivity index (χ1v) is 8.79. The van der Waals surface area contributed by atoms with Crippen molar-refractivity contribution in [3.8, 4) is 11.5 Å². The predicted octanol–water partition coefficient (Wildman–Crippen LogP) is 5.22. The van der Waals surface area contributed by atoms with E-state index in [9.17, 15) is 17.6 Å². The van der Waals surface area contributed by atoms with Crippen LogP contribution in [0.15, 0.2) is 41.5 Å². The summed E-state index contributed by atoms with van der Waals surface area (Å²) in [6, 6.07) is 9.25. The Kier molecular flexibility index (Phi) is 7.77. The monoisotopic (exact) mass is 429 g/mol. The Balaban J connectivity index is 2.16. The number of ether oxygens (including phenoxy) is 2. The van der Waals surface area contributed by atoms with Crippen molar-refractivity contribution in [3.05, 3.63) is 53.1 Å². The van der Waals surface area contributed by atoms with Crippen molar-refractivity contribution >= 4 is 28.7 Å². The summed E-state index contributed by atoms with van der Waals surface area (Å²) in [5.41, 5.74) is 5.84. The zero-order chi connectivity index (χ0) is 21.6. The Morgan fingerprint density at radius 2 is 1.69 bits per heavy atom. The molecule has 0 radical (unpaired) electrons. The lowest BCUT2D eigenvalue weighted by Crippen LogP contribution is -2.25.